The molecule has 0 radical (unpaired) electrons. The third kappa shape index (κ3) is 3.92. The number of rotatable bonds is 7. The maximum Gasteiger partial charge on any atom is 0.161 e. The topological polar surface area (TPSA) is 27.7 Å². The minimum absolute atomic E-state index is 0.292. The van der Waals surface area contributed by atoms with Crippen LogP contribution in [0.5, 0.6) is 11.5 Å². The van der Waals surface area contributed by atoms with Gasteiger partial charge in [0.05, 0.1) is 19.3 Å². The molecular formula is C17H25BrO3. The van der Waals surface area contributed by atoms with Crippen molar-refractivity contribution in [1.29, 1.82) is 0 Å². The van der Waals surface area contributed by atoms with Crippen LogP contribution in [0.4, 0.5) is 0 Å². The van der Waals surface area contributed by atoms with E-state index in [1.807, 2.05) is 19.9 Å². The normalized spacial score (nSPS) is 23.0. The van der Waals surface area contributed by atoms with E-state index in [2.05, 4.69) is 35.0 Å². The molecule has 21 heavy (non-hydrogen) atoms. The summed E-state index contributed by atoms with van der Waals surface area (Å²) in [6, 6.07) is 6.23. The molecule has 0 N–H and O–H groups in total. The third-order valence-electron chi connectivity index (χ3n) is 3.92. The summed E-state index contributed by atoms with van der Waals surface area (Å²) in [5.74, 6) is 2.16. The van der Waals surface area contributed by atoms with Gasteiger partial charge in [-0.1, -0.05) is 28.9 Å². The number of alkyl halides is 1. The molecular weight excluding hydrogens is 332 g/mol. The molecule has 1 aliphatic rings. The fourth-order valence-corrected chi connectivity index (χ4v) is 3.80. The Morgan fingerprint density at radius 1 is 1.19 bits per heavy atom. The molecule has 1 aromatic carbocycles. The Balaban J connectivity index is 2.20. The van der Waals surface area contributed by atoms with Crippen LogP contribution in [0.25, 0.3) is 0 Å². The molecule has 1 fully saturated rings. The molecule has 3 unspecified atom stereocenters. The number of halogens is 1. The van der Waals surface area contributed by atoms with Crippen molar-refractivity contribution in [3.63, 3.8) is 0 Å². The Morgan fingerprint density at radius 2 is 1.90 bits per heavy atom. The van der Waals surface area contributed by atoms with Crippen molar-refractivity contribution in [1.82, 2.24) is 0 Å². The molecule has 4 heteroatoms. The Labute approximate surface area is 136 Å². The van der Waals surface area contributed by atoms with E-state index in [1.54, 1.807) is 0 Å². The highest BCUT2D eigenvalue weighted by Gasteiger charge is 2.33. The van der Waals surface area contributed by atoms with Crippen LogP contribution in [-0.2, 0) is 4.74 Å². The van der Waals surface area contributed by atoms with Gasteiger partial charge in [0.1, 0.15) is 0 Å². The summed E-state index contributed by atoms with van der Waals surface area (Å²) in [4.78, 5) is 0.292. The summed E-state index contributed by atoms with van der Waals surface area (Å²) in [5, 5.41) is 0. The fourth-order valence-electron chi connectivity index (χ4n) is 2.91. The number of benzene rings is 1. The Morgan fingerprint density at radius 3 is 2.57 bits per heavy atom. The zero-order valence-corrected chi connectivity index (χ0v) is 14.7. The van der Waals surface area contributed by atoms with E-state index in [0.29, 0.717) is 30.1 Å². The van der Waals surface area contributed by atoms with Crippen LogP contribution in [0.15, 0.2) is 18.2 Å². The molecule has 1 heterocycles. The lowest BCUT2D eigenvalue weighted by Gasteiger charge is -2.23. The highest BCUT2D eigenvalue weighted by atomic mass is 79.9. The summed E-state index contributed by atoms with van der Waals surface area (Å²) < 4.78 is 17.2. The molecule has 1 saturated heterocycles. The van der Waals surface area contributed by atoms with E-state index in [1.165, 1.54) is 5.56 Å². The first-order valence-electron chi connectivity index (χ1n) is 7.86. The van der Waals surface area contributed by atoms with Crippen molar-refractivity contribution in [3.8, 4) is 11.5 Å². The number of ether oxygens (including phenoxy) is 3. The molecule has 1 aliphatic heterocycles. The van der Waals surface area contributed by atoms with Gasteiger partial charge in [0, 0.05) is 17.4 Å². The van der Waals surface area contributed by atoms with Crippen molar-refractivity contribution in [3.05, 3.63) is 23.8 Å². The summed E-state index contributed by atoms with van der Waals surface area (Å²) in [6.45, 7) is 8.31. The van der Waals surface area contributed by atoms with Crippen LogP contribution in [0.1, 0.15) is 44.0 Å². The molecule has 2 rings (SSSR count). The van der Waals surface area contributed by atoms with Crippen molar-refractivity contribution < 1.29 is 14.2 Å². The van der Waals surface area contributed by atoms with E-state index in [9.17, 15) is 0 Å². The minimum atomic E-state index is 0.292. The molecule has 0 spiro atoms. The molecule has 0 aromatic heterocycles. The lowest BCUT2D eigenvalue weighted by atomic mass is 9.91. The van der Waals surface area contributed by atoms with Crippen molar-refractivity contribution in [2.75, 3.05) is 19.8 Å². The summed E-state index contributed by atoms with van der Waals surface area (Å²) >= 11 is 3.87. The van der Waals surface area contributed by atoms with Gasteiger partial charge in [0.2, 0.25) is 0 Å². The first-order chi connectivity index (χ1) is 10.2. The number of hydrogen-bond donors (Lipinski definition) is 0. The van der Waals surface area contributed by atoms with Gasteiger partial charge >= 0.3 is 0 Å². The van der Waals surface area contributed by atoms with Gasteiger partial charge in [-0.3, -0.25) is 0 Å². The fraction of sp³-hybridized carbons (Fsp3) is 0.647. The van der Waals surface area contributed by atoms with Crippen molar-refractivity contribution in [2.45, 2.75) is 44.5 Å². The van der Waals surface area contributed by atoms with Gasteiger partial charge in [0.25, 0.3) is 0 Å². The van der Waals surface area contributed by atoms with E-state index < -0.39 is 0 Å². The largest absolute Gasteiger partial charge is 0.490 e. The van der Waals surface area contributed by atoms with Crippen molar-refractivity contribution in [2.24, 2.45) is 5.92 Å². The van der Waals surface area contributed by atoms with Gasteiger partial charge < -0.3 is 14.2 Å². The predicted octanol–water partition coefficient (Wildman–Crippen LogP) is 4.74. The van der Waals surface area contributed by atoms with Gasteiger partial charge in [-0.25, -0.2) is 0 Å². The Hall–Kier alpha value is -0.740. The van der Waals surface area contributed by atoms with Crippen LogP contribution >= 0.6 is 15.9 Å². The monoisotopic (exact) mass is 356 g/mol. The first kappa shape index (κ1) is 16.6. The molecule has 0 aliphatic carbocycles. The Kier molecular flexibility index (Phi) is 6.37. The van der Waals surface area contributed by atoms with Crippen LogP contribution in [-0.4, -0.2) is 25.9 Å². The molecule has 3 nitrogen and oxygen atoms in total. The predicted molar refractivity (Wildman–Crippen MR) is 88.6 cm³/mol. The van der Waals surface area contributed by atoms with Gasteiger partial charge in [-0.05, 0) is 44.4 Å². The number of hydrogen-bond acceptors (Lipinski definition) is 3. The zero-order valence-electron chi connectivity index (χ0n) is 13.1. The van der Waals surface area contributed by atoms with E-state index >= 15 is 0 Å². The summed E-state index contributed by atoms with van der Waals surface area (Å²) in [5.41, 5.74) is 1.23. The van der Waals surface area contributed by atoms with Crippen molar-refractivity contribution >= 4 is 15.9 Å². The average Bonchev–Trinajstić information content (AvgIpc) is 2.97. The molecule has 3 atom stereocenters. The van der Waals surface area contributed by atoms with Gasteiger partial charge in [-0.2, -0.15) is 0 Å². The van der Waals surface area contributed by atoms with E-state index in [-0.39, 0.29) is 0 Å². The molecule has 0 bridgehead atoms. The van der Waals surface area contributed by atoms with Crippen LogP contribution in [0, 0.1) is 5.92 Å². The smallest absolute Gasteiger partial charge is 0.161 e. The highest BCUT2D eigenvalue weighted by Crippen LogP contribution is 2.42. The highest BCUT2D eigenvalue weighted by molar-refractivity contribution is 9.09. The lowest BCUT2D eigenvalue weighted by Crippen LogP contribution is -2.19. The van der Waals surface area contributed by atoms with Crippen LogP contribution < -0.4 is 9.47 Å². The second-order valence-corrected chi connectivity index (χ2v) is 6.23. The maximum absolute atomic E-state index is 5.81. The zero-order chi connectivity index (χ0) is 15.2. The second kappa shape index (κ2) is 8.04. The van der Waals surface area contributed by atoms with Gasteiger partial charge in [-0.15, -0.1) is 0 Å². The lowest BCUT2D eigenvalue weighted by molar-refractivity contribution is 0.0872. The molecule has 0 amide bonds. The molecule has 118 valence electrons. The maximum atomic E-state index is 5.81. The third-order valence-corrected chi connectivity index (χ3v) is 5.13. The molecule has 0 saturated carbocycles. The second-order valence-electron chi connectivity index (χ2n) is 5.24. The van der Waals surface area contributed by atoms with Crippen LogP contribution in [0.3, 0.4) is 0 Å². The Bertz CT molecular complexity index is 450. The first-order valence-corrected chi connectivity index (χ1v) is 8.78. The van der Waals surface area contributed by atoms with E-state index in [4.69, 9.17) is 14.2 Å². The average molecular weight is 357 g/mol. The standard InChI is InChI=1S/C17H25BrO3/c1-4-14-13(9-10-21-14)17(18)12-7-8-15(19-5-2)16(11-12)20-6-3/h7-8,11,13-14,17H,4-6,9-10H2,1-3H3. The van der Waals surface area contributed by atoms with Crippen LogP contribution in [0.2, 0.25) is 0 Å². The minimum Gasteiger partial charge on any atom is -0.490 e. The van der Waals surface area contributed by atoms with E-state index in [0.717, 1.165) is 30.9 Å². The van der Waals surface area contributed by atoms with Gasteiger partial charge in [0.15, 0.2) is 11.5 Å². The SMILES string of the molecule is CCOc1ccc(C(Br)C2CCOC2CC)cc1OCC. The summed E-state index contributed by atoms with van der Waals surface area (Å²) in [6.07, 6.45) is 2.50. The quantitative estimate of drug-likeness (QED) is 0.660. The summed E-state index contributed by atoms with van der Waals surface area (Å²) in [7, 11) is 0. The molecule has 1 aromatic rings.